The summed E-state index contributed by atoms with van der Waals surface area (Å²) < 4.78 is 6.82. The second-order valence-corrected chi connectivity index (χ2v) is 6.15. The van der Waals surface area contributed by atoms with Crippen molar-refractivity contribution < 1.29 is 9.52 Å². The molecular formula is C15H11Br2NO2. The lowest BCUT2D eigenvalue weighted by Crippen LogP contribution is -1.98. The molecule has 3 aromatic rings. The van der Waals surface area contributed by atoms with Crippen LogP contribution in [0.5, 0.6) is 0 Å². The van der Waals surface area contributed by atoms with E-state index in [-0.39, 0.29) is 0 Å². The van der Waals surface area contributed by atoms with Gasteiger partial charge in [-0.1, -0.05) is 12.1 Å². The van der Waals surface area contributed by atoms with E-state index in [9.17, 15) is 5.11 Å². The van der Waals surface area contributed by atoms with Crippen molar-refractivity contribution in [2.75, 3.05) is 0 Å². The molecule has 5 heteroatoms. The zero-order valence-electron chi connectivity index (χ0n) is 10.6. The molecule has 0 spiro atoms. The van der Waals surface area contributed by atoms with Gasteiger partial charge in [-0.05, 0) is 68.6 Å². The van der Waals surface area contributed by atoms with Crippen LogP contribution in [0.2, 0.25) is 0 Å². The minimum atomic E-state index is -0.802. The van der Waals surface area contributed by atoms with E-state index >= 15 is 0 Å². The molecule has 3 rings (SSSR count). The summed E-state index contributed by atoms with van der Waals surface area (Å²) in [6.07, 6.45) is -0.802. The van der Waals surface area contributed by atoms with Crippen molar-refractivity contribution in [3.63, 3.8) is 0 Å². The number of furan rings is 1. The Labute approximate surface area is 132 Å². The predicted octanol–water partition coefficient (Wildman–Crippen LogP) is 4.74. The fourth-order valence-corrected chi connectivity index (χ4v) is 2.69. The number of hydrogen-bond donors (Lipinski definition) is 1. The Balaban J connectivity index is 2.03. The Bertz CT molecular complexity index is 763. The van der Waals surface area contributed by atoms with E-state index in [1.807, 2.05) is 37.3 Å². The van der Waals surface area contributed by atoms with Crippen LogP contribution in [0.25, 0.3) is 10.9 Å². The number of halogens is 2. The van der Waals surface area contributed by atoms with Gasteiger partial charge in [-0.3, -0.25) is 4.98 Å². The highest BCUT2D eigenvalue weighted by Gasteiger charge is 2.17. The third-order valence-corrected chi connectivity index (χ3v) is 4.81. The Morgan fingerprint density at radius 1 is 1.15 bits per heavy atom. The lowest BCUT2D eigenvalue weighted by molar-refractivity contribution is 0.188. The number of aliphatic hydroxyl groups excluding tert-OH is 1. The van der Waals surface area contributed by atoms with Crippen LogP contribution in [0.3, 0.4) is 0 Å². The normalized spacial score (nSPS) is 12.8. The van der Waals surface area contributed by atoms with Crippen LogP contribution < -0.4 is 0 Å². The number of rotatable bonds is 2. The quantitative estimate of drug-likeness (QED) is 0.680. The van der Waals surface area contributed by atoms with Crippen LogP contribution in [0, 0.1) is 6.92 Å². The van der Waals surface area contributed by atoms with E-state index < -0.39 is 6.10 Å². The number of aliphatic hydroxyl groups is 1. The van der Waals surface area contributed by atoms with Gasteiger partial charge in [0, 0.05) is 11.1 Å². The average Bonchev–Trinajstić information content (AvgIpc) is 2.77. The van der Waals surface area contributed by atoms with Gasteiger partial charge in [0.05, 0.1) is 9.99 Å². The Kier molecular flexibility index (Phi) is 3.67. The van der Waals surface area contributed by atoms with E-state index in [0.717, 1.165) is 26.6 Å². The topological polar surface area (TPSA) is 46.3 Å². The van der Waals surface area contributed by atoms with Crippen molar-refractivity contribution >= 4 is 42.8 Å². The minimum absolute atomic E-state index is 0.489. The van der Waals surface area contributed by atoms with Gasteiger partial charge >= 0.3 is 0 Å². The third-order valence-electron chi connectivity index (χ3n) is 3.10. The van der Waals surface area contributed by atoms with E-state index in [2.05, 4.69) is 36.8 Å². The van der Waals surface area contributed by atoms with Crippen LogP contribution in [0.15, 0.2) is 50.0 Å². The van der Waals surface area contributed by atoms with Gasteiger partial charge in [0.15, 0.2) is 4.67 Å². The van der Waals surface area contributed by atoms with Crippen molar-refractivity contribution in [1.29, 1.82) is 0 Å². The molecule has 0 saturated heterocycles. The largest absolute Gasteiger partial charge is 0.450 e. The van der Waals surface area contributed by atoms with E-state index in [1.165, 1.54) is 0 Å². The fraction of sp³-hybridized carbons (Fsp3) is 0.133. The summed E-state index contributed by atoms with van der Waals surface area (Å²) in [6.45, 7) is 1.96. The lowest BCUT2D eigenvalue weighted by Gasteiger charge is -2.09. The van der Waals surface area contributed by atoms with Crippen molar-refractivity contribution in [3.05, 3.63) is 62.6 Å². The summed E-state index contributed by atoms with van der Waals surface area (Å²) in [5, 5.41) is 11.4. The first kappa shape index (κ1) is 13.8. The predicted molar refractivity (Wildman–Crippen MR) is 84.6 cm³/mol. The SMILES string of the molecule is Cc1ccc2cc(C(O)c3cc(Br)c(Br)o3)ccc2n1. The lowest BCUT2D eigenvalue weighted by atomic mass is 10.0. The van der Waals surface area contributed by atoms with Crippen molar-refractivity contribution in [2.24, 2.45) is 0 Å². The minimum Gasteiger partial charge on any atom is -0.450 e. The van der Waals surface area contributed by atoms with Crippen LogP contribution >= 0.6 is 31.9 Å². The Morgan fingerprint density at radius 2 is 1.95 bits per heavy atom. The molecule has 0 bridgehead atoms. The maximum atomic E-state index is 10.4. The average molecular weight is 397 g/mol. The molecule has 0 aliphatic carbocycles. The Hall–Kier alpha value is -1.17. The first-order valence-corrected chi connectivity index (χ1v) is 7.63. The maximum Gasteiger partial charge on any atom is 0.183 e. The van der Waals surface area contributed by atoms with Gasteiger partial charge in [0.2, 0.25) is 0 Å². The summed E-state index contributed by atoms with van der Waals surface area (Å²) in [5.74, 6) is 0.489. The van der Waals surface area contributed by atoms with Crippen LogP contribution in [-0.4, -0.2) is 10.1 Å². The molecule has 102 valence electrons. The molecule has 0 saturated carbocycles. The molecule has 1 aromatic carbocycles. The number of aromatic nitrogens is 1. The molecule has 0 fully saturated rings. The highest BCUT2D eigenvalue weighted by molar-refractivity contribution is 9.13. The van der Waals surface area contributed by atoms with E-state index in [0.29, 0.717) is 10.4 Å². The van der Waals surface area contributed by atoms with Gasteiger partial charge in [0.1, 0.15) is 11.9 Å². The third kappa shape index (κ3) is 2.53. The Morgan fingerprint density at radius 3 is 2.65 bits per heavy atom. The molecule has 2 aromatic heterocycles. The molecule has 0 radical (unpaired) electrons. The maximum absolute atomic E-state index is 10.4. The van der Waals surface area contributed by atoms with Crippen LogP contribution in [0.1, 0.15) is 23.1 Å². The number of fused-ring (bicyclic) bond motifs is 1. The standard InChI is InChI=1S/C15H11Br2NO2/c1-8-2-3-9-6-10(4-5-12(9)18-8)14(19)13-7-11(16)15(17)20-13/h2-7,14,19H,1H3. The second kappa shape index (κ2) is 5.31. The zero-order chi connectivity index (χ0) is 14.3. The molecule has 0 amide bonds. The van der Waals surface area contributed by atoms with Crippen LogP contribution in [-0.2, 0) is 0 Å². The molecular weight excluding hydrogens is 386 g/mol. The second-order valence-electron chi connectivity index (χ2n) is 4.58. The smallest absolute Gasteiger partial charge is 0.183 e. The summed E-state index contributed by atoms with van der Waals surface area (Å²) in [6, 6.07) is 11.4. The molecule has 1 unspecified atom stereocenters. The van der Waals surface area contributed by atoms with Crippen molar-refractivity contribution in [3.8, 4) is 0 Å². The molecule has 1 N–H and O–H groups in total. The van der Waals surface area contributed by atoms with Gasteiger partial charge < -0.3 is 9.52 Å². The summed E-state index contributed by atoms with van der Waals surface area (Å²) in [5.41, 5.74) is 2.67. The molecule has 2 heterocycles. The first-order valence-electron chi connectivity index (χ1n) is 6.05. The van der Waals surface area contributed by atoms with Gasteiger partial charge in [0.25, 0.3) is 0 Å². The van der Waals surface area contributed by atoms with E-state index in [4.69, 9.17) is 4.42 Å². The number of benzene rings is 1. The van der Waals surface area contributed by atoms with Gasteiger partial charge in [-0.2, -0.15) is 0 Å². The molecule has 20 heavy (non-hydrogen) atoms. The van der Waals surface area contributed by atoms with E-state index in [1.54, 1.807) is 6.07 Å². The van der Waals surface area contributed by atoms with Crippen molar-refractivity contribution in [1.82, 2.24) is 4.98 Å². The van der Waals surface area contributed by atoms with Gasteiger partial charge in [-0.25, -0.2) is 0 Å². The summed E-state index contributed by atoms with van der Waals surface area (Å²) in [7, 11) is 0. The highest BCUT2D eigenvalue weighted by atomic mass is 79.9. The molecule has 3 nitrogen and oxygen atoms in total. The van der Waals surface area contributed by atoms with Gasteiger partial charge in [-0.15, -0.1) is 0 Å². The zero-order valence-corrected chi connectivity index (χ0v) is 13.8. The van der Waals surface area contributed by atoms with Crippen molar-refractivity contribution in [2.45, 2.75) is 13.0 Å². The highest BCUT2D eigenvalue weighted by Crippen LogP contribution is 2.33. The number of aryl methyl sites for hydroxylation is 1. The number of pyridine rings is 1. The summed E-state index contributed by atoms with van der Waals surface area (Å²) in [4.78, 5) is 4.45. The molecule has 0 aliphatic heterocycles. The molecule has 1 atom stereocenters. The summed E-state index contributed by atoms with van der Waals surface area (Å²) >= 11 is 6.61. The fourth-order valence-electron chi connectivity index (χ4n) is 2.08. The monoisotopic (exact) mass is 395 g/mol. The number of hydrogen-bond acceptors (Lipinski definition) is 3. The molecule has 0 aliphatic rings. The number of nitrogens with zero attached hydrogens (tertiary/aromatic N) is 1. The van der Waals surface area contributed by atoms with Crippen LogP contribution in [0.4, 0.5) is 0 Å². The first-order chi connectivity index (χ1) is 9.54.